The number of halogens is 1. The minimum absolute atomic E-state index is 0.292. The SMILES string of the molecule is C#Cc1cc(C(=S)Nc2cc(F)ccc2N2CCCCC2)ccn1. The molecule has 1 N–H and O–H groups in total. The number of aromatic nitrogens is 1. The first-order chi connectivity index (χ1) is 11.7. The molecule has 0 unspecified atom stereocenters. The number of thiocarbonyl (C=S) groups is 1. The van der Waals surface area contributed by atoms with E-state index in [1.165, 1.54) is 18.6 Å². The van der Waals surface area contributed by atoms with Gasteiger partial charge < -0.3 is 10.2 Å². The molecule has 0 radical (unpaired) electrons. The van der Waals surface area contributed by atoms with Crippen molar-refractivity contribution in [3.63, 3.8) is 0 Å². The van der Waals surface area contributed by atoms with Crippen molar-refractivity contribution in [2.45, 2.75) is 19.3 Å². The monoisotopic (exact) mass is 339 g/mol. The maximum Gasteiger partial charge on any atom is 0.125 e. The molecule has 0 amide bonds. The van der Waals surface area contributed by atoms with Crippen LogP contribution >= 0.6 is 12.2 Å². The number of hydrogen-bond acceptors (Lipinski definition) is 3. The van der Waals surface area contributed by atoms with Crippen molar-refractivity contribution in [1.82, 2.24) is 4.98 Å². The Labute approximate surface area is 146 Å². The first-order valence-corrected chi connectivity index (χ1v) is 8.37. The maximum atomic E-state index is 13.7. The molecule has 0 bridgehead atoms. The molecule has 0 spiro atoms. The maximum absolute atomic E-state index is 13.7. The Balaban J connectivity index is 1.87. The van der Waals surface area contributed by atoms with E-state index in [1.807, 2.05) is 6.07 Å². The first-order valence-electron chi connectivity index (χ1n) is 7.96. The van der Waals surface area contributed by atoms with Gasteiger partial charge in [0.15, 0.2) is 0 Å². The van der Waals surface area contributed by atoms with E-state index in [9.17, 15) is 4.39 Å². The first kappa shape index (κ1) is 16.4. The lowest BCUT2D eigenvalue weighted by molar-refractivity contribution is 0.577. The Morgan fingerprint density at radius 1 is 1.21 bits per heavy atom. The van der Waals surface area contributed by atoms with Gasteiger partial charge >= 0.3 is 0 Å². The van der Waals surface area contributed by atoms with E-state index in [4.69, 9.17) is 18.6 Å². The molecule has 1 fully saturated rings. The molecule has 1 aromatic heterocycles. The number of anilines is 2. The van der Waals surface area contributed by atoms with Crippen LogP contribution in [0, 0.1) is 18.2 Å². The molecule has 1 saturated heterocycles. The predicted octanol–water partition coefficient (Wildman–Crippen LogP) is 3.98. The highest BCUT2D eigenvalue weighted by molar-refractivity contribution is 7.81. The Hall–Kier alpha value is -2.45. The van der Waals surface area contributed by atoms with Crippen molar-refractivity contribution in [2.24, 2.45) is 0 Å². The summed E-state index contributed by atoms with van der Waals surface area (Å²) in [5.74, 6) is 2.20. The summed E-state index contributed by atoms with van der Waals surface area (Å²) in [6, 6.07) is 8.32. The van der Waals surface area contributed by atoms with Crippen molar-refractivity contribution < 1.29 is 4.39 Å². The van der Waals surface area contributed by atoms with Gasteiger partial charge in [-0.05, 0) is 49.6 Å². The van der Waals surface area contributed by atoms with Gasteiger partial charge in [0, 0.05) is 24.8 Å². The third-order valence-corrected chi connectivity index (χ3v) is 4.41. The lowest BCUT2D eigenvalue weighted by Gasteiger charge is -2.30. The van der Waals surface area contributed by atoms with E-state index in [-0.39, 0.29) is 5.82 Å². The summed E-state index contributed by atoms with van der Waals surface area (Å²) in [7, 11) is 0. The van der Waals surface area contributed by atoms with E-state index >= 15 is 0 Å². The highest BCUT2D eigenvalue weighted by Gasteiger charge is 2.16. The number of piperidine rings is 1. The molecule has 3 nitrogen and oxygen atoms in total. The van der Waals surface area contributed by atoms with Crippen LogP contribution in [0.1, 0.15) is 30.5 Å². The molecule has 2 aromatic rings. The fraction of sp³-hybridized carbons (Fsp3) is 0.263. The molecule has 1 aromatic carbocycles. The lowest BCUT2D eigenvalue weighted by atomic mass is 10.1. The Kier molecular flexibility index (Phi) is 5.07. The molecular weight excluding hydrogens is 321 g/mol. The number of terminal acetylenes is 1. The third kappa shape index (κ3) is 3.72. The predicted molar refractivity (Wildman–Crippen MR) is 100.0 cm³/mol. The van der Waals surface area contributed by atoms with Crippen molar-refractivity contribution in [1.29, 1.82) is 0 Å². The van der Waals surface area contributed by atoms with Gasteiger partial charge in [-0.25, -0.2) is 9.37 Å². The van der Waals surface area contributed by atoms with Crippen LogP contribution in [0.25, 0.3) is 0 Å². The zero-order valence-electron chi connectivity index (χ0n) is 13.3. The van der Waals surface area contributed by atoms with E-state index in [1.54, 1.807) is 18.3 Å². The van der Waals surface area contributed by atoms with E-state index < -0.39 is 0 Å². The quantitative estimate of drug-likeness (QED) is 0.676. The molecule has 122 valence electrons. The molecule has 3 rings (SSSR count). The molecule has 5 heteroatoms. The zero-order valence-corrected chi connectivity index (χ0v) is 14.1. The fourth-order valence-corrected chi connectivity index (χ4v) is 3.10. The number of benzene rings is 1. The van der Waals surface area contributed by atoms with Gasteiger partial charge in [0.1, 0.15) is 16.5 Å². The third-order valence-electron chi connectivity index (χ3n) is 4.07. The van der Waals surface area contributed by atoms with Crippen molar-refractivity contribution in [2.75, 3.05) is 23.3 Å². The lowest BCUT2D eigenvalue weighted by Crippen LogP contribution is -2.30. The minimum atomic E-state index is -0.292. The van der Waals surface area contributed by atoms with Crippen LogP contribution in [0.4, 0.5) is 15.8 Å². The summed E-state index contributed by atoms with van der Waals surface area (Å²) in [4.78, 5) is 6.83. The zero-order chi connectivity index (χ0) is 16.9. The number of pyridine rings is 1. The van der Waals surface area contributed by atoms with Gasteiger partial charge in [0.2, 0.25) is 0 Å². The van der Waals surface area contributed by atoms with E-state index in [2.05, 4.69) is 21.1 Å². The van der Waals surface area contributed by atoms with Crippen LogP contribution in [-0.4, -0.2) is 23.1 Å². The van der Waals surface area contributed by atoms with Crippen molar-refractivity contribution in [3.05, 3.63) is 53.6 Å². The van der Waals surface area contributed by atoms with Crippen LogP contribution in [0.2, 0.25) is 0 Å². The summed E-state index contributed by atoms with van der Waals surface area (Å²) >= 11 is 5.47. The summed E-state index contributed by atoms with van der Waals surface area (Å²) in [5.41, 5.74) is 2.94. The van der Waals surface area contributed by atoms with Gasteiger partial charge in [0.05, 0.1) is 11.4 Å². The molecule has 0 atom stereocenters. The van der Waals surface area contributed by atoms with Crippen molar-refractivity contribution >= 4 is 28.6 Å². The number of rotatable bonds is 3. The second-order valence-corrected chi connectivity index (χ2v) is 6.15. The van der Waals surface area contributed by atoms with E-state index in [0.29, 0.717) is 16.4 Å². The number of nitrogens with zero attached hydrogens (tertiary/aromatic N) is 2. The Bertz CT molecular complexity index is 791. The second kappa shape index (κ2) is 7.41. The van der Waals surface area contributed by atoms with Crippen molar-refractivity contribution in [3.8, 4) is 12.3 Å². The van der Waals surface area contributed by atoms with Crippen LogP contribution in [0.5, 0.6) is 0 Å². The molecule has 24 heavy (non-hydrogen) atoms. The van der Waals surface area contributed by atoms with Gasteiger partial charge in [-0.1, -0.05) is 18.1 Å². The van der Waals surface area contributed by atoms with Gasteiger partial charge in [-0.15, -0.1) is 6.42 Å². The molecule has 0 aliphatic carbocycles. The van der Waals surface area contributed by atoms with Crippen LogP contribution < -0.4 is 10.2 Å². The van der Waals surface area contributed by atoms with Crippen LogP contribution in [-0.2, 0) is 0 Å². The topological polar surface area (TPSA) is 28.2 Å². The van der Waals surface area contributed by atoms with E-state index in [0.717, 1.165) is 37.2 Å². The smallest absolute Gasteiger partial charge is 0.125 e. The highest BCUT2D eigenvalue weighted by Crippen LogP contribution is 2.29. The summed E-state index contributed by atoms with van der Waals surface area (Å²) in [6.45, 7) is 1.95. The van der Waals surface area contributed by atoms with Crippen LogP contribution in [0.15, 0.2) is 36.5 Å². The van der Waals surface area contributed by atoms with Gasteiger partial charge in [-0.3, -0.25) is 0 Å². The second-order valence-electron chi connectivity index (χ2n) is 5.74. The van der Waals surface area contributed by atoms with Gasteiger partial charge in [0.25, 0.3) is 0 Å². The largest absolute Gasteiger partial charge is 0.370 e. The summed E-state index contributed by atoms with van der Waals surface area (Å²) in [6.07, 6.45) is 10.5. The van der Waals surface area contributed by atoms with Gasteiger partial charge in [-0.2, -0.15) is 0 Å². The standard InChI is InChI=1S/C19H18FN3S/c1-2-16-12-14(8-9-21-16)19(24)22-17-13-15(20)6-7-18(17)23-10-4-3-5-11-23/h1,6-9,12-13H,3-5,10-11H2,(H,22,24). The molecule has 1 aliphatic rings. The molecular formula is C19H18FN3S. The molecule has 1 aliphatic heterocycles. The average Bonchev–Trinajstić information content (AvgIpc) is 2.62. The minimum Gasteiger partial charge on any atom is -0.370 e. The summed E-state index contributed by atoms with van der Waals surface area (Å²) < 4.78 is 13.7. The fourth-order valence-electron chi connectivity index (χ4n) is 2.86. The highest BCUT2D eigenvalue weighted by atomic mass is 32.1. The van der Waals surface area contributed by atoms with Crippen LogP contribution in [0.3, 0.4) is 0 Å². The normalized spacial score (nSPS) is 14.1. The summed E-state index contributed by atoms with van der Waals surface area (Å²) in [5, 5.41) is 3.17. The average molecular weight is 339 g/mol. The number of hydrogen-bond donors (Lipinski definition) is 1. The molecule has 0 saturated carbocycles. The Morgan fingerprint density at radius 3 is 2.75 bits per heavy atom. The Morgan fingerprint density at radius 2 is 2.00 bits per heavy atom. The number of nitrogens with one attached hydrogen (secondary N) is 1. The molecule has 2 heterocycles.